The first-order chi connectivity index (χ1) is 7.36. The Morgan fingerprint density at radius 3 is 2.50 bits per heavy atom. The molecule has 1 amide bonds. The van der Waals surface area contributed by atoms with Gasteiger partial charge in [0.25, 0.3) is 0 Å². The summed E-state index contributed by atoms with van der Waals surface area (Å²) in [6.45, 7) is 0.305. The van der Waals surface area contributed by atoms with Gasteiger partial charge in [-0.2, -0.15) is 13.2 Å². The third-order valence-electron chi connectivity index (χ3n) is 2.88. The number of nitrogens with zero attached hydrogens (tertiary/aromatic N) is 1. The monoisotopic (exact) mass is 239 g/mol. The van der Waals surface area contributed by atoms with Crippen molar-refractivity contribution >= 4 is 5.91 Å². The number of hydrogen-bond acceptors (Lipinski definition) is 3. The second-order valence-electron chi connectivity index (χ2n) is 4.02. The molecule has 2 atom stereocenters. The molecule has 1 saturated heterocycles. The molecule has 2 unspecified atom stereocenters. The zero-order valence-corrected chi connectivity index (χ0v) is 8.83. The summed E-state index contributed by atoms with van der Waals surface area (Å²) >= 11 is 0. The van der Waals surface area contributed by atoms with Crippen LogP contribution in [0.5, 0.6) is 0 Å². The molecule has 0 aliphatic carbocycles. The highest BCUT2D eigenvalue weighted by atomic mass is 19.4. The van der Waals surface area contributed by atoms with Gasteiger partial charge in [0.05, 0.1) is 5.92 Å². The summed E-state index contributed by atoms with van der Waals surface area (Å²) in [5.41, 5.74) is 10.2. The zero-order valence-electron chi connectivity index (χ0n) is 8.83. The summed E-state index contributed by atoms with van der Waals surface area (Å²) in [5, 5.41) is 0. The molecule has 0 aromatic heterocycles. The van der Waals surface area contributed by atoms with Crippen molar-refractivity contribution in [3.05, 3.63) is 0 Å². The first-order valence-electron chi connectivity index (χ1n) is 5.16. The Kier molecular flexibility index (Phi) is 4.15. The van der Waals surface area contributed by atoms with Crippen LogP contribution < -0.4 is 11.5 Å². The second kappa shape index (κ2) is 5.01. The van der Waals surface area contributed by atoms with E-state index in [-0.39, 0.29) is 26.1 Å². The van der Waals surface area contributed by atoms with Crippen LogP contribution in [-0.2, 0) is 4.79 Å². The van der Waals surface area contributed by atoms with Crippen LogP contribution in [0.3, 0.4) is 0 Å². The number of rotatable bonds is 4. The smallest absolute Gasteiger partial charge is 0.369 e. The predicted octanol–water partition coefficient (Wildman–Crippen LogP) is 0.0733. The Balaban J connectivity index is 2.64. The fourth-order valence-corrected chi connectivity index (χ4v) is 2.01. The van der Waals surface area contributed by atoms with Crippen molar-refractivity contribution < 1.29 is 18.0 Å². The molecule has 7 heteroatoms. The lowest BCUT2D eigenvalue weighted by molar-refractivity contribution is -0.182. The molecule has 0 radical (unpaired) electrons. The summed E-state index contributed by atoms with van der Waals surface area (Å²) in [6, 6.07) is -1.55. The lowest BCUT2D eigenvalue weighted by Crippen LogP contribution is -2.46. The maximum atomic E-state index is 12.7. The quantitative estimate of drug-likeness (QED) is 0.729. The molecule has 0 saturated carbocycles. The van der Waals surface area contributed by atoms with E-state index in [0.717, 1.165) is 0 Å². The molecule has 1 heterocycles. The van der Waals surface area contributed by atoms with Crippen LogP contribution >= 0.6 is 0 Å². The Morgan fingerprint density at radius 1 is 1.50 bits per heavy atom. The van der Waals surface area contributed by atoms with E-state index < -0.39 is 24.0 Å². The van der Waals surface area contributed by atoms with Crippen LogP contribution in [0.2, 0.25) is 0 Å². The van der Waals surface area contributed by atoms with Crippen molar-refractivity contribution in [3.63, 3.8) is 0 Å². The van der Waals surface area contributed by atoms with Gasteiger partial charge in [-0.3, -0.25) is 9.69 Å². The summed E-state index contributed by atoms with van der Waals surface area (Å²) < 4.78 is 38.0. The summed E-state index contributed by atoms with van der Waals surface area (Å²) in [5.74, 6) is -1.00. The van der Waals surface area contributed by atoms with E-state index in [1.165, 1.54) is 4.90 Å². The minimum absolute atomic E-state index is 0.0259. The molecule has 1 fully saturated rings. The van der Waals surface area contributed by atoms with E-state index in [9.17, 15) is 18.0 Å². The van der Waals surface area contributed by atoms with Crippen molar-refractivity contribution in [1.29, 1.82) is 0 Å². The average molecular weight is 239 g/mol. The Hall–Kier alpha value is -0.820. The van der Waals surface area contributed by atoms with Crippen LogP contribution in [0.15, 0.2) is 0 Å². The van der Waals surface area contributed by atoms with Crippen LogP contribution in [0.25, 0.3) is 0 Å². The largest absolute Gasteiger partial charge is 0.404 e. The van der Waals surface area contributed by atoms with Gasteiger partial charge in [0.1, 0.15) is 6.04 Å². The third kappa shape index (κ3) is 3.08. The number of halogens is 3. The summed E-state index contributed by atoms with van der Waals surface area (Å²) in [6.07, 6.45) is -4.05. The number of hydrogen-bond donors (Lipinski definition) is 2. The van der Waals surface area contributed by atoms with E-state index in [1.54, 1.807) is 0 Å². The van der Waals surface area contributed by atoms with Gasteiger partial charge >= 0.3 is 6.18 Å². The lowest BCUT2D eigenvalue weighted by atomic mass is 10.1. The number of carbonyl (C=O) groups is 1. The molecule has 94 valence electrons. The van der Waals surface area contributed by atoms with Gasteiger partial charge < -0.3 is 11.5 Å². The Bertz CT molecular complexity index is 257. The van der Waals surface area contributed by atoms with Gasteiger partial charge in [-0.05, 0) is 25.9 Å². The first kappa shape index (κ1) is 13.2. The van der Waals surface area contributed by atoms with Gasteiger partial charge in [0.2, 0.25) is 5.91 Å². The van der Waals surface area contributed by atoms with Crippen molar-refractivity contribution in [2.45, 2.75) is 25.1 Å². The number of likely N-dealkylation sites (tertiary alicyclic amines) is 1. The van der Waals surface area contributed by atoms with Gasteiger partial charge in [-0.15, -0.1) is 0 Å². The molecule has 4 N–H and O–H groups in total. The molecule has 1 aliphatic rings. The van der Waals surface area contributed by atoms with E-state index in [4.69, 9.17) is 11.5 Å². The molecule has 0 spiro atoms. The highest BCUT2D eigenvalue weighted by Crippen LogP contribution is 2.30. The zero-order chi connectivity index (χ0) is 12.3. The van der Waals surface area contributed by atoms with E-state index in [2.05, 4.69) is 0 Å². The van der Waals surface area contributed by atoms with Gasteiger partial charge in [-0.25, -0.2) is 0 Å². The minimum Gasteiger partial charge on any atom is -0.369 e. The lowest BCUT2D eigenvalue weighted by Gasteiger charge is -2.29. The van der Waals surface area contributed by atoms with Crippen LogP contribution in [-0.4, -0.2) is 42.7 Å². The Labute approximate surface area is 91.8 Å². The molecule has 1 rings (SSSR count). The van der Waals surface area contributed by atoms with E-state index in [1.807, 2.05) is 0 Å². The number of primary amides is 1. The van der Waals surface area contributed by atoms with Crippen molar-refractivity contribution in [2.75, 3.05) is 19.6 Å². The standard InChI is InChI=1S/C9H16F3N3O/c10-9(11,12)7(1-3-13)15-4-2-6(5-15)8(14)16/h6-7H,1-5,13H2,(H2,14,16). The SMILES string of the molecule is NCCC(N1CCC(C(N)=O)C1)C(F)(F)F. The molecular weight excluding hydrogens is 223 g/mol. The van der Waals surface area contributed by atoms with Crippen LogP contribution in [0, 0.1) is 5.92 Å². The Morgan fingerprint density at radius 2 is 2.12 bits per heavy atom. The van der Waals surface area contributed by atoms with Gasteiger partial charge in [-0.1, -0.05) is 0 Å². The van der Waals surface area contributed by atoms with Gasteiger partial charge in [0.15, 0.2) is 0 Å². The normalized spacial score (nSPS) is 24.6. The highest BCUT2D eigenvalue weighted by molar-refractivity contribution is 5.77. The van der Waals surface area contributed by atoms with E-state index in [0.29, 0.717) is 6.42 Å². The summed E-state index contributed by atoms with van der Waals surface area (Å²) in [4.78, 5) is 12.1. The molecule has 4 nitrogen and oxygen atoms in total. The number of carbonyl (C=O) groups excluding carboxylic acids is 1. The third-order valence-corrected chi connectivity index (χ3v) is 2.88. The predicted molar refractivity (Wildman–Crippen MR) is 52.4 cm³/mol. The molecule has 16 heavy (non-hydrogen) atoms. The number of nitrogens with two attached hydrogens (primary N) is 2. The average Bonchev–Trinajstić information content (AvgIpc) is 2.60. The van der Waals surface area contributed by atoms with Gasteiger partial charge in [0, 0.05) is 6.54 Å². The van der Waals surface area contributed by atoms with Crippen molar-refractivity contribution in [3.8, 4) is 0 Å². The first-order valence-corrected chi connectivity index (χ1v) is 5.16. The van der Waals surface area contributed by atoms with E-state index >= 15 is 0 Å². The second-order valence-corrected chi connectivity index (χ2v) is 4.02. The fourth-order valence-electron chi connectivity index (χ4n) is 2.01. The van der Waals surface area contributed by atoms with Crippen LogP contribution in [0.4, 0.5) is 13.2 Å². The topological polar surface area (TPSA) is 72.3 Å². The molecule has 1 aliphatic heterocycles. The fraction of sp³-hybridized carbons (Fsp3) is 0.889. The van der Waals surface area contributed by atoms with Crippen molar-refractivity contribution in [2.24, 2.45) is 17.4 Å². The maximum Gasteiger partial charge on any atom is 0.404 e. The maximum absolute atomic E-state index is 12.7. The summed E-state index contributed by atoms with van der Waals surface area (Å²) in [7, 11) is 0. The highest BCUT2D eigenvalue weighted by Gasteiger charge is 2.45. The molecule has 0 aromatic carbocycles. The van der Waals surface area contributed by atoms with Crippen LogP contribution in [0.1, 0.15) is 12.8 Å². The molecule has 0 bridgehead atoms. The van der Waals surface area contributed by atoms with Crippen molar-refractivity contribution in [1.82, 2.24) is 4.90 Å². The molecule has 0 aromatic rings. The molecular formula is C9H16F3N3O. The minimum atomic E-state index is -4.30. The number of amides is 1. The number of alkyl halides is 3.